The van der Waals surface area contributed by atoms with Gasteiger partial charge in [0.1, 0.15) is 5.82 Å². The minimum Gasteiger partial charge on any atom is -0.290 e. The Kier molecular flexibility index (Phi) is 3.59. The molecule has 1 aromatic carbocycles. The van der Waals surface area contributed by atoms with Crippen molar-refractivity contribution < 1.29 is 9.60 Å². The summed E-state index contributed by atoms with van der Waals surface area (Å²) in [6, 6.07) is 4.66. The number of nitrogens with zero attached hydrogens (tertiary/aromatic N) is 1. The maximum Gasteiger partial charge on any atom is 0.152 e. The van der Waals surface area contributed by atoms with Crippen molar-refractivity contribution in [3.8, 4) is 0 Å². The molecule has 0 atom stereocenters. The molecule has 0 bridgehead atoms. The zero-order chi connectivity index (χ0) is 10.6. The number of nitrogens with one attached hydrogen (secondary N) is 1. The van der Waals surface area contributed by atoms with Crippen molar-refractivity contribution in [1.82, 2.24) is 5.48 Å². The van der Waals surface area contributed by atoms with E-state index in [0.717, 1.165) is 0 Å². The molecule has 4 heteroatoms. The summed E-state index contributed by atoms with van der Waals surface area (Å²) >= 11 is 0. The van der Waals surface area contributed by atoms with Gasteiger partial charge >= 0.3 is 0 Å². The van der Waals surface area contributed by atoms with Gasteiger partial charge in [0, 0.05) is 12.1 Å². The summed E-state index contributed by atoms with van der Waals surface area (Å²) in [5.74, 6) is -0.00828. The van der Waals surface area contributed by atoms with Gasteiger partial charge in [0.05, 0.1) is 0 Å². The van der Waals surface area contributed by atoms with Crippen LogP contribution in [0.3, 0.4) is 0 Å². The largest absolute Gasteiger partial charge is 0.290 e. The van der Waals surface area contributed by atoms with Crippen molar-refractivity contribution in [2.75, 3.05) is 6.54 Å². The second-order valence-electron chi connectivity index (χ2n) is 2.85. The van der Waals surface area contributed by atoms with Gasteiger partial charge in [-0.3, -0.25) is 15.7 Å². The fourth-order valence-corrected chi connectivity index (χ4v) is 1.20. The third kappa shape index (κ3) is 2.09. The molecule has 3 nitrogen and oxygen atoms in total. The van der Waals surface area contributed by atoms with Crippen LogP contribution in [-0.4, -0.2) is 17.6 Å². The van der Waals surface area contributed by atoms with Crippen molar-refractivity contribution in [3.05, 3.63) is 35.1 Å². The van der Waals surface area contributed by atoms with Crippen molar-refractivity contribution in [2.24, 2.45) is 4.99 Å². The standard InChI is InChI=1S/C10H13FN2O/c1-3-12-10(13-14)8-5-4-6-9(11)7(8)2/h4-6,14H,3H2,1-2H3,(H,12,13). The molecule has 1 aromatic rings. The minimum atomic E-state index is -0.304. The van der Waals surface area contributed by atoms with Gasteiger partial charge in [-0.25, -0.2) is 4.39 Å². The van der Waals surface area contributed by atoms with Gasteiger partial charge in [0.15, 0.2) is 5.84 Å². The van der Waals surface area contributed by atoms with E-state index in [1.165, 1.54) is 6.07 Å². The van der Waals surface area contributed by atoms with Crippen molar-refractivity contribution in [1.29, 1.82) is 0 Å². The second-order valence-corrected chi connectivity index (χ2v) is 2.85. The van der Waals surface area contributed by atoms with E-state index in [9.17, 15) is 4.39 Å². The highest BCUT2D eigenvalue weighted by molar-refractivity contribution is 5.99. The lowest BCUT2D eigenvalue weighted by Crippen LogP contribution is -2.22. The van der Waals surface area contributed by atoms with Gasteiger partial charge in [-0.05, 0) is 25.5 Å². The fourth-order valence-electron chi connectivity index (χ4n) is 1.20. The molecule has 1 rings (SSSR count). The Bertz CT molecular complexity index is 350. The molecule has 0 radical (unpaired) electrons. The zero-order valence-corrected chi connectivity index (χ0v) is 8.21. The van der Waals surface area contributed by atoms with Gasteiger partial charge in [-0.1, -0.05) is 12.1 Å². The van der Waals surface area contributed by atoms with E-state index in [1.807, 2.05) is 12.4 Å². The van der Waals surface area contributed by atoms with E-state index in [4.69, 9.17) is 5.21 Å². The molecule has 0 amide bonds. The van der Waals surface area contributed by atoms with E-state index < -0.39 is 0 Å². The third-order valence-electron chi connectivity index (χ3n) is 1.94. The van der Waals surface area contributed by atoms with Crippen LogP contribution in [0.2, 0.25) is 0 Å². The first kappa shape index (κ1) is 10.7. The molecule has 0 aromatic heterocycles. The second kappa shape index (κ2) is 4.72. The highest BCUT2D eigenvalue weighted by atomic mass is 19.1. The summed E-state index contributed by atoms with van der Waals surface area (Å²) in [6.07, 6.45) is 0. The molecule has 0 unspecified atom stereocenters. The summed E-state index contributed by atoms with van der Waals surface area (Å²) in [6.45, 7) is 4.01. The Morgan fingerprint density at radius 2 is 2.29 bits per heavy atom. The van der Waals surface area contributed by atoms with E-state index in [-0.39, 0.29) is 5.82 Å². The monoisotopic (exact) mass is 196 g/mol. The lowest BCUT2D eigenvalue weighted by atomic mass is 10.1. The van der Waals surface area contributed by atoms with E-state index in [0.29, 0.717) is 23.5 Å². The molecule has 0 aliphatic rings. The zero-order valence-electron chi connectivity index (χ0n) is 8.21. The Labute approximate surface area is 82.3 Å². The molecule has 0 fully saturated rings. The smallest absolute Gasteiger partial charge is 0.152 e. The van der Waals surface area contributed by atoms with Gasteiger partial charge in [-0.15, -0.1) is 0 Å². The highest BCUT2D eigenvalue weighted by Gasteiger charge is 2.08. The Morgan fingerprint density at radius 1 is 1.57 bits per heavy atom. The van der Waals surface area contributed by atoms with Crippen molar-refractivity contribution in [2.45, 2.75) is 13.8 Å². The molecular weight excluding hydrogens is 183 g/mol. The molecule has 0 aliphatic carbocycles. The van der Waals surface area contributed by atoms with Crippen LogP contribution in [0.4, 0.5) is 4.39 Å². The average molecular weight is 196 g/mol. The van der Waals surface area contributed by atoms with Crippen LogP contribution in [0.25, 0.3) is 0 Å². The molecule has 2 N–H and O–H groups in total. The lowest BCUT2D eigenvalue weighted by molar-refractivity contribution is 0.234. The average Bonchev–Trinajstić information content (AvgIpc) is 2.19. The molecule has 0 saturated carbocycles. The summed E-state index contributed by atoms with van der Waals surface area (Å²) in [5, 5.41) is 8.82. The maximum atomic E-state index is 13.2. The van der Waals surface area contributed by atoms with Crippen LogP contribution in [0.5, 0.6) is 0 Å². The molecule has 76 valence electrons. The van der Waals surface area contributed by atoms with Crippen LogP contribution in [0, 0.1) is 12.7 Å². The number of rotatable bonds is 2. The molecule has 0 aliphatic heterocycles. The quantitative estimate of drug-likeness (QED) is 0.431. The number of benzene rings is 1. The predicted molar refractivity (Wildman–Crippen MR) is 53.1 cm³/mol. The van der Waals surface area contributed by atoms with Crippen LogP contribution in [0.15, 0.2) is 23.2 Å². The number of hydrogen-bond donors (Lipinski definition) is 2. The molecular formula is C10H13FN2O. The first-order valence-corrected chi connectivity index (χ1v) is 4.40. The van der Waals surface area contributed by atoms with Gasteiger partial charge in [0.2, 0.25) is 0 Å². The molecule has 0 spiro atoms. The van der Waals surface area contributed by atoms with Gasteiger partial charge < -0.3 is 0 Å². The fraction of sp³-hybridized carbons (Fsp3) is 0.300. The van der Waals surface area contributed by atoms with E-state index in [2.05, 4.69) is 4.99 Å². The molecule has 0 saturated heterocycles. The summed E-state index contributed by atoms with van der Waals surface area (Å²) in [7, 11) is 0. The maximum absolute atomic E-state index is 13.2. The van der Waals surface area contributed by atoms with Gasteiger partial charge in [0.25, 0.3) is 0 Å². The van der Waals surface area contributed by atoms with E-state index in [1.54, 1.807) is 19.1 Å². The highest BCUT2D eigenvalue weighted by Crippen LogP contribution is 2.12. The Balaban J connectivity index is 3.17. The SMILES string of the molecule is CCN=C(NO)c1cccc(F)c1C. The summed E-state index contributed by atoms with van der Waals surface area (Å²) in [5.41, 5.74) is 3.02. The predicted octanol–water partition coefficient (Wildman–Crippen LogP) is 1.88. The van der Waals surface area contributed by atoms with Crippen LogP contribution >= 0.6 is 0 Å². The van der Waals surface area contributed by atoms with Crippen LogP contribution in [0.1, 0.15) is 18.1 Å². The molecule has 14 heavy (non-hydrogen) atoms. The topological polar surface area (TPSA) is 44.6 Å². The Hall–Kier alpha value is -1.42. The van der Waals surface area contributed by atoms with Crippen molar-refractivity contribution in [3.63, 3.8) is 0 Å². The lowest BCUT2D eigenvalue weighted by Gasteiger charge is -2.08. The summed E-state index contributed by atoms with van der Waals surface area (Å²) < 4.78 is 13.2. The van der Waals surface area contributed by atoms with E-state index >= 15 is 0 Å². The normalized spacial score (nSPS) is 11.6. The molecule has 0 heterocycles. The van der Waals surface area contributed by atoms with Crippen LogP contribution in [-0.2, 0) is 0 Å². The van der Waals surface area contributed by atoms with Gasteiger partial charge in [-0.2, -0.15) is 0 Å². The first-order valence-electron chi connectivity index (χ1n) is 4.40. The first-order chi connectivity index (χ1) is 6.70. The number of hydrogen-bond acceptors (Lipinski definition) is 2. The third-order valence-corrected chi connectivity index (χ3v) is 1.94. The Morgan fingerprint density at radius 3 is 2.86 bits per heavy atom. The number of amidine groups is 1. The number of aliphatic imine (C=N–C) groups is 1. The van der Waals surface area contributed by atoms with Crippen molar-refractivity contribution >= 4 is 5.84 Å². The number of halogens is 1. The number of hydroxylamine groups is 1. The summed E-state index contributed by atoms with van der Waals surface area (Å²) in [4.78, 5) is 4.00. The van der Waals surface area contributed by atoms with Crippen LogP contribution < -0.4 is 5.48 Å². The minimum absolute atomic E-state index is 0.296.